The number of carbonyl (C=O) groups is 1. The second-order valence-corrected chi connectivity index (χ2v) is 7.27. The molecule has 1 aromatic heterocycles. The minimum Gasteiger partial charge on any atom is -0.322 e. The van der Waals surface area contributed by atoms with E-state index in [0.29, 0.717) is 17.0 Å². The van der Waals surface area contributed by atoms with Crippen LogP contribution in [-0.2, 0) is 16.6 Å². The van der Waals surface area contributed by atoms with Gasteiger partial charge in [-0.05, 0) is 36.2 Å². The van der Waals surface area contributed by atoms with Gasteiger partial charge in [0.1, 0.15) is 0 Å². The van der Waals surface area contributed by atoms with Crippen LogP contribution in [0.25, 0.3) is 5.69 Å². The summed E-state index contributed by atoms with van der Waals surface area (Å²) in [6, 6.07) is 15.2. The third kappa shape index (κ3) is 4.22. The Balaban J connectivity index is 1.76. The molecule has 0 aliphatic heterocycles. The zero-order chi connectivity index (χ0) is 17.8. The molecule has 1 amide bonds. The van der Waals surface area contributed by atoms with E-state index in [1.807, 2.05) is 55.5 Å². The number of carbonyl (C=O) groups excluding carboxylic acids is 1. The van der Waals surface area contributed by atoms with E-state index < -0.39 is 10.8 Å². The summed E-state index contributed by atoms with van der Waals surface area (Å²) >= 11 is 0. The summed E-state index contributed by atoms with van der Waals surface area (Å²) in [4.78, 5) is 12.5. The first-order chi connectivity index (χ1) is 12.0. The van der Waals surface area contributed by atoms with Crippen LogP contribution in [0, 0.1) is 6.92 Å². The summed E-state index contributed by atoms with van der Waals surface area (Å²) in [5.41, 5.74) is 4.10. The van der Waals surface area contributed by atoms with Crippen molar-refractivity contribution < 1.29 is 9.00 Å². The largest absolute Gasteiger partial charge is 0.322 e. The maximum atomic E-state index is 12.5. The average molecular weight is 353 g/mol. The van der Waals surface area contributed by atoms with Gasteiger partial charge >= 0.3 is 0 Å². The van der Waals surface area contributed by atoms with Gasteiger partial charge < -0.3 is 5.32 Å². The highest BCUT2D eigenvalue weighted by Crippen LogP contribution is 2.16. The monoisotopic (exact) mass is 353 g/mol. The SMILES string of the molecule is Cc1ccccc1-n1cc(C(=O)Nc2cccc(CS(C)=O)c2)cn1. The molecule has 6 heteroatoms. The quantitative estimate of drug-likeness (QED) is 0.765. The number of nitrogens with one attached hydrogen (secondary N) is 1. The number of aryl methyl sites for hydroxylation is 1. The van der Waals surface area contributed by atoms with E-state index in [1.165, 1.54) is 0 Å². The molecule has 0 aliphatic carbocycles. The van der Waals surface area contributed by atoms with Gasteiger partial charge in [-0.2, -0.15) is 5.10 Å². The minimum atomic E-state index is -0.920. The molecule has 25 heavy (non-hydrogen) atoms. The molecule has 0 radical (unpaired) electrons. The number of amides is 1. The Labute approximate surface area is 149 Å². The van der Waals surface area contributed by atoms with Crippen molar-refractivity contribution in [2.45, 2.75) is 12.7 Å². The van der Waals surface area contributed by atoms with E-state index in [-0.39, 0.29) is 5.91 Å². The second-order valence-electron chi connectivity index (χ2n) is 5.83. The van der Waals surface area contributed by atoms with Gasteiger partial charge in [-0.15, -0.1) is 0 Å². The second kappa shape index (κ2) is 7.44. The van der Waals surface area contributed by atoms with Crippen LogP contribution < -0.4 is 5.32 Å². The van der Waals surface area contributed by atoms with Crippen LogP contribution in [0.1, 0.15) is 21.5 Å². The van der Waals surface area contributed by atoms with Crippen molar-refractivity contribution >= 4 is 22.4 Å². The fraction of sp³-hybridized carbons (Fsp3) is 0.158. The topological polar surface area (TPSA) is 64.0 Å². The third-order valence-electron chi connectivity index (χ3n) is 3.76. The van der Waals surface area contributed by atoms with Crippen LogP contribution in [0.2, 0.25) is 0 Å². The smallest absolute Gasteiger partial charge is 0.258 e. The Morgan fingerprint density at radius 3 is 2.76 bits per heavy atom. The first-order valence-electron chi connectivity index (χ1n) is 7.84. The van der Waals surface area contributed by atoms with Crippen LogP contribution in [0.5, 0.6) is 0 Å². The number of rotatable bonds is 5. The van der Waals surface area contributed by atoms with Crippen LogP contribution >= 0.6 is 0 Å². The van der Waals surface area contributed by atoms with Gasteiger partial charge in [-0.3, -0.25) is 9.00 Å². The molecule has 0 spiro atoms. The summed E-state index contributed by atoms with van der Waals surface area (Å²) < 4.78 is 13.0. The molecule has 3 aromatic rings. The number of hydrogen-bond acceptors (Lipinski definition) is 3. The van der Waals surface area contributed by atoms with Gasteiger partial charge in [-0.1, -0.05) is 30.3 Å². The van der Waals surface area contributed by atoms with Crippen LogP contribution in [-0.4, -0.2) is 26.2 Å². The molecule has 0 saturated heterocycles. The van der Waals surface area contributed by atoms with Crippen molar-refractivity contribution in [3.8, 4) is 5.69 Å². The molecule has 0 saturated carbocycles. The summed E-state index contributed by atoms with van der Waals surface area (Å²) in [6.45, 7) is 2.00. The summed E-state index contributed by atoms with van der Waals surface area (Å²) in [5.74, 6) is 0.240. The van der Waals surface area contributed by atoms with Gasteiger partial charge in [-0.25, -0.2) is 4.68 Å². The van der Waals surface area contributed by atoms with E-state index in [9.17, 15) is 9.00 Å². The number of para-hydroxylation sites is 1. The first kappa shape index (κ1) is 17.1. The molecule has 0 bridgehead atoms. The van der Waals surface area contributed by atoms with Crippen LogP contribution in [0.3, 0.4) is 0 Å². The molecular formula is C19H19N3O2S. The zero-order valence-electron chi connectivity index (χ0n) is 14.1. The summed E-state index contributed by atoms with van der Waals surface area (Å²) in [6.07, 6.45) is 4.92. The molecule has 1 N–H and O–H groups in total. The lowest BCUT2D eigenvalue weighted by atomic mass is 10.2. The lowest BCUT2D eigenvalue weighted by molar-refractivity contribution is 0.102. The average Bonchev–Trinajstić information content (AvgIpc) is 3.05. The Morgan fingerprint density at radius 2 is 2.00 bits per heavy atom. The van der Waals surface area contributed by atoms with Crippen molar-refractivity contribution in [3.63, 3.8) is 0 Å². The van der Waals surface area contributed by atoms with Crippen molar-refractivity contribution in [2.24, 2.45) is 0 Å². The van der Waals surface area contributed by atoms with E-state index in [4.69, 9.17) is 0 Å². The molecule has 1 unspecified atom stereocenters. The van der Waals surface area contributed by atoms with E-state index >= 15 is 0 Å². The van der Waals surface area contributed by atoms with Gasteiger partial charge in [0.05, 0.1) is 17.4 Å². The van der Waals surface area contributed by atoms with Crippen molar-refractivity contribution in [1.29, 1.82) is 0 Å². The number of benzene rings is 2. The summed E-state index contributed by atoms with van der Waals surface area (Å²) in [7, 11) is -0.920. The van der Waals surface area contributed by atoms with Crippen molar-refractivity contribution in [3.05, 3.63) is 77.6 Å². The maximum absolute atomic E-state index is 12.5. The highest BCUT2D eigenvalue weighted by atomic mass is 32.2. The normalized spacial score (nSPS) is 11.9. The maximum Gasteiger partial charge on any atom is 0.258 e. The lowest BCUT2D eigenvalue weighted by Gasteiger charge is -2.06. The Bertz CT molecular complexity index is 934. The number of anilines is 1. The highest BCUT2D eigenvalue weighted by molar-refractivity contribution is 7.83. The zero-order valence-corrected chi connectivity index (χ0v) is 14.9. The van der Waals surface area contributed by atoms with Gasteiger partial charge in [0, 0.05) is 34.7 Å². The molecule has 1 atom stereocenters. The van der Waals surface area contributed by atoms with Crippen LogP contribution in [0.4, 0.5) is 5.69 Å². The van der Waals surface area contributed by atoms with E-state index in [1.54, 1.807) is 23.3 Å². The van der Waals surface area contributed by atoms with Gasteiger partial charge in [0.2, 0.25) is 0 Å². The number of nitrogens with zero attached hydrogens (tertiary/aromatic N) is 2. The Hall–Kier alpha value is -2.73. The van der Waals surface area contributed by atoms with Gasteiger partial charge in [0.15, 0.2) is 0 Å². The van der Waals surface area contributed by atoms with Crippen LogP contribution in [0.15, 0.2) is 60.9 Å². The fourth-order valence-electron chi connectivity index (χ4n) is 2.57. The fourth-order valence-corrected chi connectivity index (χ4v) is 3.22. The molecule has 1 heterocycles. The van der Waals surface area contributed by atoms with Crippen molar-refractivity contribution in [2.75, 3.05) is 11.6 Å². The summed E-state index contributed by atoms with van der Waals surface area (Å²) in [5, 5.41) is 7.14. The Kier molecular flexibility index (Phi) is 5.09. The van der Waals surface area contributed by atoms with E-state index in [2.05, 4.69) is 10.4 Å². The predicted molar refractivity (Wildman–Crippen MR) is 100 cm³/mol. The molecule has 5 nitrogen and oxygen atoms in total. The first-order valence-corrected chi connectivity index (χ1v) is 9.56. The molecule has 0 aliphatic rings. The third-order valence-corrected chi connectivity index (χ3v) is 4.50. The van der Waals surface area contributed by atoms with E-state index in [0.717, 1.165) is 16.8 Å². The lowest BCUT2D eigenvalue weighted by Crippen LogP contribution is -2.11. The van der Waals surface area contributed by atoms with Gasteiger partial charge in [0.25, 0.3) is 5.91 Å². The molecule has 0 fully saturated rings. The predicted octanol–water partition coefficient (Wildman–Crippen LogP) is 3.31. The number of aromatic nitrogens is 2. The minimum absolute atomic E-state index is 0.227. The Morgan fingerprint density at radius 1 is 1.20 bits per heavy atom. The molecule has 128 valence electrons. The molecule has 3 rings (SSSR count). The molecular weight excluding hydrogens is 334 g/mol. The standard InChI is InChI=1S/C19H19N3O2S/c1-14-6-3-4-9-18(14)22-12-16(11-20-22)19(23)21-17-8-5-7-15(10-17)13-25(2)24/h3-12H,13H2,1-2H3,(H,21,23). The van der Waals surface area contributed by atoms with Crippen molar-refractivity contribution in [1.82, 2.24) is 9.78 Å². The highest BCUT2D eigenvalue weighted by Gasteiger charge is 2.11. The number of hydrogen-bond donors (Lipinski definition) is 1. The molecule has 2 aromatic carbocycles.